The van der Waals surface area contributed by atoms with Gasteiger partial charge in [0, 0.05) is 22.2 Å². The number of ketones is 1. The standard InChI is InChI=1S/C13H12OS/c1-2-12(14)11-8-13(15-9-11)10-6-4-3-5-7-10/h3-9H,2H2,1H3. The molecule has 2 aromatic rings. The van der Waals surface area contributed by atoms with E-state index < -0.39 is 0 Å². The van der Waals surface area contributed by atoms with Gasteiger partial charge in [-0.15, -0.1) is 11.3 Å². The van der Waals surface area contributed by atoms with E-state index in [0.29, 0.717) is 6.42 Å². The van der Waals surface area contributed by atoms with E-state index in [-0.39, 0.29) is 5.78 Å². The second-order valence-electron chi connectivity index (χ2n) is 3.34. The minimum atomic E-state index is 0.216. The summed E-state index contributed by atoms with van der Waals surface area (Å²) in [6.45, 7) is 1.89. The first-order chi connectivity index (χ1) is 7.31. The summed E-state index contributed by atoms with van der Waals surface area (Å²) < 4.78 is 0. The van der Waals surface area contributed by atoms with Crippen LogP contribution in [0.4, 0.5) is 0 Å². The number of carbonyl (C=O) groups excluding carboxylic acids is 1. The van der Waals surface area contributed by atoms with Gasteiger partial charge in [0.25, 0.3) is 0 Å². The minimum absolute atomic E-state index is 0.216. The molecule has 2 heteroatoms. The Hall–Kier alpha value is -1.41. The molecule has 0 fully saturated rings. The molecule has 0 N–H and O–H groups in total. The number of Topliss-reactive ketones (excluding diaryl/α,β-unsaturated/α-hetero) is 1. The van der Waals surface area contributed by atoms with E-state index in [1.807, 2.05) is 36.6 Å². The fourth-order valence-electron chi connectivity index (χ4n) is 1.44. The Labute approximate surface area is 93.4 Å². The summed E-state index contributed by atoms with van der Waals surface area (Å²) in [5, 5.41) is 1.94. The highest BCUT2D eigenvalue weighted by molar-refractivity contribution is 7.13. The molecule has 1 heterocycles. The van der Waals surface area contributed by atoms with Gasteiger partial charge in [-0.25, -0.2) is 0 Å². The minimum Gasteiger partial charge on any atom is -0.294 e. The zero-order chi connectivity index (χ0) is 10.7. The maximum absolute atomic E-state index is 11.5. The van der Waals surface area contributed by atoms with Gasteiger partial charge in [-0.2, -0.15) is 0 Å². The van der Waals surface area contributed by atoms with Gasteiger partial charge in [-0.05, 0) is 11.6 Å². The molecule has 0 amide bonds. The van der Waals surface area contributed by atoms with Crippen molar-refractivity contribution in [3.63, 3.8) is 0 Å². The van der Waals surface area contributed by atoms with Crippen molar-refractivity contribution in [3.8, 4) is 10.4 Å². The van der Waals surface area contributed by atoms with Crippen molar-refractivity contribution in [2.45, 2.75) is 13.3 Å². The normalized spacial score (nSPS) is 10.2. The zero-order valence-electron chi connectivity index (χ0n) is 8.57. The van der Waals surface area contributed by atoms with Crippen LogP contribution in [0.1, 0.15) is 23.7 Å². The summed E-state index contributed by atoms with van der Waals surface area (Å²) in [4.78, 5) is 12.6. The van der Waals surface area contributed by atoms with E-state index in [9.17, 15) is 4.79 Å². The molecule has 0 spiro atoms. The first kappa shape index (κ1) is 10.1. The first-order valence-corrected chi connectivity index (χ1v) is 5.86. The highest BCUT2D eigenvalue weighted by Crippen LogP contribution is 2.27. The van der Waals surface area contributed by atoms with Crippen molar-refractivity contribution < 1.29 is 4.79 Å². The van der Waals surface area contributed by atoms with Crippen LogP contribution in [0.3, 0.4) is 0 Å². The number of hydrogen-bond donors (Lipinski definition) is 0. The first-order valence-electron chi connectivity index (χ1n) is 4.98. The zero-order valence-corrected chi connectivity index (χ0v) is 9.38. The van der Waals surface area contributed by atoms with Crippen molar-refractivity contribution in [1.29, 1.82) is 0 Å². The van der Waals surface area contributed by atoms with E-state index in [1.165, 1.54) is 5.56 Å². The SMILES string of the molecule is CCC(=O)c1csc(-c2ccccc2)c1. The Morgan fingerprint density at radius 3 is 2.67 bits per heavy atom. The van der Waals surface area contributed by atoms with Gasteiger partial charge in [0.2, 0.25) is 0 Å². The molecule has 1 aromatic carbocycles. The number of benzene rings is 1. The molecular formula is C13H12OS. The number of hydrogen-bond acceptors (Lipinski definition) is 2. The monoisotopic (exact) mass is 216 g/mol. The molecule has 0 saturated carbocycles. The Morgan fingerprint density at radius 2 is 2.00 bits per heavy atom. The Morgan fingerprint density at radius 1 is 1.27 bits per heavy atom. The van der Waals surface area contributed by atoms with E-state index in [2.05, 4.69) is 12.1 Å². The van der Waals surface area contributed by atoms with Gasteiger partial charge >= 0.3 is 0 Å². The summed E-state index contributed by atoms with van der Waals surface area (Å²) in [6, 6.07) is 12.1. The highest BCUT2D eigenvalue weighted by Gasteiger charge is 2.07. The fourth-order valence-corrected chi connectivity index (χ4v) is 2.36. The van der Waals surface area contributed by atoms with Gasteiger partial charge in [-0.1, -0.05) is 37.3 Å². The van der Waals surface area contributed by atoms with Crippen LogP contribution in [0.5, 0.6) is 0 Å². The molecule has 0 unspecified atom stereocenters. The molecule has 1 nitrogen and oxygen atoms in total. The highest BCUT2D eigenvalue weighted by atomic mass is 32.1. The van der Waals surface area contributed by atoms with Crippen LogP contribution in [0.25, 0.3) is 10.4 Å². The van der Waals surface area contributed by atoms with Gasteiger partial charge in [0.05, 0.1) is 0 Å². The Balaban J connectivity index is 2.32. The quantitative estimate of drug-likeness (QED) is 0.708. The Kier molecular flexibility index (Phi) is 2.97. The van der Waals surface area contributed by atoms with Crippen LogP contribution in [0.15, 0.2) is 41.8 Å². The van der Waals surface area contributed by atoms with Crippen molar-refractivity contribution in [3.05, 3.63) is 47.3 Å². The number of carbonyl (C=O) groups is 1. The van der Waals surface area contributed by atoms with Crippen molar-refractivity contribution in [2.24, 2.45) is 0 Å². The molecule has 0 saturated heterocycles. The summed E-state index contributed by atoms with van der Waals surface area (Å²) in [5.74, 6) is 0.216. The lowest BCUT2D eigenvalue weighted by molar-refractivity contribution is 0.0988. The molecule has 76 valence electrons. The smallest absolute Gasteiger partial charge is 0.163 e. The van der Waals surface area contributed by atoms with Crippen molar-refractivity contribution >= 4 is 17.1 Å². The van der Waals surface area contributed by atoms with E-state index >= 15 is 0 Å². The predicted molar refractivity (Wildman–Crippen MR) is 64.4 cm³/mol. The van der Waals surface area contributed by atoms with Crippen molar-refractivity contribution in [2.75, 3.05) is 0 Å². The molecule has 0 aliphatic heterocycles. The molecule has 2 rings (SSSR count). The van der Waals surface area contributed by atoms with Crippen molar-refractivity contribution in [1.82, 2.24) is 0 Å². The van der Waals surface area contributed by atoms with E-state index in [1.54, 1.807) is 11.3 Å². The third-order valence-electron chi connectivity index (χ3n) is 2.30. The summed E-state index contributed by atoms with van der Waals surface area (Å²) >= 11 is 1.63. The van der Waals surface area contributed by atoms with Crippen LogP contribution < -0.4 is 0 Å². The lowest BCUT2D eigenvalue weighted by Gasteiger charge is -1.94. The van der Waals surface area contributed by atoms with Gasteiger partial charge in [0.1, 0.15) is 0 Å². The largest absolute Gasteiger partial charge is 0.294 e. The average molecular weight is 216 g/mol. The maximum atomic E-state index is 11.5. The average Bonchev–Trinajstić information content (AvgIpc) is 2.78. The third kappa shape index (κ3) is 2.16. The predicted octanol–water partition coefficient (Wildman–Crippen LogP) is 4.01. The Bertz CT molecular complexity index is 456. The molecule has 0 atom stereocenters. The molecule has 0 aliphatic rings. The van der Waals surface area contributed by atoms with E-state index in [4.69, 9.17) is 0 Å². The molecule has 0 aliphatic carbocycles. The summed E-state index contributed by atoms with van der Waals surface area (Å²) in [5.41, 5.74) is 2.01. The van der Waals surface area contributed by atoms with Crippen LogP contribution in [0.2, 0.25) is 0 Å². The summed E-state index contributed by atoms with van der Waals surface area (Å²) in [7, 11) is 0. The van der Waals surface area contributed by atoms with Gasteiger partial charge < -0.3 is 0 Å². The van der Waals surface area contributed by atoms with Crippen LogP contribution in [-0.4, -0.2) is 5.78 Å². The fraction of sp³-hybridized carbons (Fsp3) is 0.154. The molecule has 1 aromatic heterocycles. The topological polar surface area (TPSA) is 17.1 Å². The lowest BCUT2D eigenvalue weighted by atomic mass is 10.1. The second-order valence-corrected chi connectivity index (χ2v) is 4.25. The van der Waals surface area contributed by atoms with Crippen LogP contribution in [0, 0.1) is 0 Å². The lowest BCUT2D eigenvalue weighted by Crippen LogP contribution is -1.92. The van der Waals surface area contributed by atoms with E-state index in [0.717, 1.165) is 10.4 Å². The number of thiophene rings is 1. The molecule has 0 bridgehead atoms. The summed E-state index contributed by atoms with van der Waals surface area (Å²) in [6.07, 6.45) is 0.574. The van der Waals surface area contributed by atoms with Crippen LogP contribution >= 0.6 is 11.3 Å². The van der Waals surface area contributed by atoms with Gasteiger partial charge in [-0.3, -0.25) is 4.79 Å². The third-order valence-corrected chi connectivity index (χ3v) is 3.28. The van der Waals surface area contributed by atoms with Crippen LogP contribution in [-0.2, 0) is 0 Å². The second kappa shape index (κ2) is 4.41. The molecular weight excluding hydrogens is 204 g/mol. The molecule has 15 heavy (non-hydrogen) atoms. The molecule has 0 radical (unpaired) electrons. The number of rotatable bonds is 3. The maximum Gasteiger partial charge on any atom is 0.163 e. The van der Waals surface area contributed by atoms with Gasteiger partial charge in [0.15, 0.2) is 5.78 Å².